The summed E-state index contributed by atoms with van der Waals surface area (Å²) in [6, 6.07) is 4.94. The van der Waals surface area contributed by atoms with E-state index in [1.165, 1.54) is 49.9 Å². The van der Waals surface area contributed by atoms with Gasteiger partial charge in [0.1, 0.15) is 0 Å². The van der Waals surface area contributed by atoms with E-state index in [1.54, 1.807) is 0 Å². The molecule has 2 nitrogen and oxygen atoms in total. The first-order chi connectivity index (χ1) is 8.83. The smallest absolute Gasteiger partial charge is 0.0454 e. The fourth-order valence-corrected chi connectivity index (χ4v) is 3.62. The average Bonchev–Trinajstić information content (AvgIpc) is 2.39. The topological polar surface area (TPSA) is 24.9 Å². The van der Waals surface area contributed by atoms with E-state index >= 15 is 0 Å². The summed E-state index contributed by atoms with van der Waals surface area (Å²) in [5.41, 5.74) is 2.81. The van der Waals surface area contributed by atoms with Crippen LogP contribution in [0.15, 0.2) is 18.3 Å². The highest BCUT2D eigenvalue weighted by atomic mass is 14.9. The Morgan fingerprint density at radius 2 is 2.22 bits per heavy atom. The molecule has 0 amide bonds. The Hall–Kier alpha value is -0.890. The third-order valence-electron chi connectivity index (χ3n) is 4.66. The zero-order valence-electron chi connectivity index (χ0n) is 11.4. The molecule has 3 atom stereocenters. The van der Waals surface area contributed by atoms with E-state index in [4.69, 9.17) is 0 Å². The Bertz CT molecular complexity index is 402. The van der Waals surface area contributed by atoms with Crippen molar-refractivity contribution in [2.45, 2.75) is 51.5 Å². The van der Waals surface area contributed by atoms with Crippen LogP contribution in [-0.2, 0) is 6.42 Å². The van der Waals surface area contributed by atoms with Gasteiger partial charge in [0.15, 0.2) is 0 Å². The van der Waals surface area contributed by atoms with Gasteiger partial charge in [0.25, 0.3) is 0 Å². The molecule has 98 valence electrons. The molecule has 18 heavy (non-hydrogen) atoms. The van der Waals surface area contributed by atoms with Crippen LogP contribution in [0.25, 0.3) is 0 Å². The van der Waals surface area contributed by atoms with Gasteiger partial charge >= 0.3 is 0 Å². The number of hydrogen-bond acceptors (Lipinski definition) is 2. The number of hydrogen-bond donors (Lipinski definition) is 1. The van der Waals surface area contributed by atoms with E-state index in [-0.39, 0.29) is 0 Å². The van der Waals surface area contributed by atoms with Crippen LogP contribution in [0, 0.1) is 11.8 Å². The van der Waals surface area contributed by atoms with Crippen molar-refractivity contribution in [1.82, 2.24) is 10.3 Å². The third-order valence-corrected chi connectivity index (χ3v) is 4.66. The van der Waals surface area contributed by atoms with E-state index in [9.17, 15) is 0 Å². The predicted molar refractivity (Wildman–Crippen MR) is 74.4 cm³/mol. The summed E-state index contributed by atoms with van der Waals surface area (Å²) in [4.78, 5) is 4.65. The van der Waals surface area contributed by atoms with Crippen molar-refractivity contribution in [1.29, 1.82) is 0 Å². The number of fused-ring (bicyclic) bond motifs is 4. The summed E-state index contributed by atoms with van der Waals surface area (Å²) < 4.78 is 0. The molecule has 2 bridgehead atoms. The van der Waals surface area contributed by atoms with E-state index < -0.39 is 0 Å². The zero-order valence-corrected chi connectivity index (χ0v) is 11.4. The number of nitrogens with zero attached hydrogens (tertiary/aromatic N) is 1. The lowest BCUT2D eigenvalue weighted by Gasteiger charge is -2.33. The molecule has 1 aromatic rings. The van der Waals surface area contributed by atoms with Crippen LogP contribution in [0.3, 0.4) is 0 Å². The Balaban J connectivity index is 1.92. The van der Waals surface area contributed by atoms with Crippen molar-refractivity contribution in [3.8, 4) is 0 Å². The van der Waals surface area contributed by atoms with Gasteiger partial charge in [-0.15, -0.1) is 0 Å². The van der Waals surface area contributed by atoms with Gasteiger partial charge in [0.2, 0.25) is 0 Å². The summed E-state index contributed by atoms with van der Waals surface area (Å²) >= 11 is 0. The molecule has 2 heterocycles. The van der Waals surface area contributed by atoms with Crippen molar-refractivity contribution in [3.63, 3.8) is 0 Å². The molecule has 3 rings (SSSR count). The normalized spacial score (nSPS) is 32.6. The van der Waals surface area contributed by atoms with Gasteiger partial charge in [-0.2, -0.15) is 0 Å². The molecule has 1 fully saturated rings. The first kappa shape index (κ1) is 12.2. The molecule has 1 aromatic heterocycles. The van der Waals surface area contributed by atoms with Gasteiger partial charge in [-0.25, -0.2) is 0 Å². The number of aromatic nitrogens is 1. The van der Waals surface area contributed by atoms with Gasteiger partial charge in [0.05, 0.1) is 0 Å². The lowest BCUT2D eigenvalue weighted by Crippen LogP contribution is -2.33. The maximum Gasteiger partial charge on any atom is 0.0454 e. The lowest BCUT2D eigenvalue weighted by atomic mass is 9.81. The fraction of sp³-hybridized carbons (Fsp3) is 0.688. The molecule has 2 heteroatoms. The molecule has 1 aliphatic carbocycles. The number of piperidine rings is 1. The first-order valence-corrected chi connectivity index (χ1v) is 7.50. The Kier molecular flexibility index (Phi) is 3.64. The van der Waals surface area contributed by atoms with Gasteiger partial charge in [0, 0.05) is 17.9 Å². The summed E-state index contributed by atoms with van der Waals surface area (Å²) in [6.07, 6.45) is 9.98. The molecular weight excluding hydrogens is 220 g/mol. The average molecular weight is 244 g/mol. The maximum atomic E-state index is 4.65. The summed E-state index contributed by atoms with van der Waals surface area (Å²) in [6.45, 7) is 3.56. The minimum atomic E-state index is 0.553. The van der Waals surface area contributed by atoms with Gasteiger partial charge in [-0.3, -0.25) is 4.98 Å². The molecule has 1 N–H and O–H groups in total. The molecule has 0 aromatic carbocycles. The summed E-state index contributed by atoms with van der Waals surface area (Å²) in [5, 5.41) is 3.70. The Morgan fingerprint density at radius 1 is 1.28 bits per heavy atom. The van der Waals surface area contributed by atoms with E-state index in [2.05, 4.69) is 29.4 Å². The van der Waals surface area contributed by atoms with Gasteiger partial charge in [-0.05, 0) is 49.3 Å². The SMILES string of the molecule is C[C@@H]1CCC[C@H]2CCN[C@H](C2)c2cccnc2C1. The quantitative estimate of drug-likeness (QED) is 0.755. The standard InChI is InChI=1S/C16H24N2/c1-12-4-2-5-13-7-9-18-16(11-13)14-6-3-8-17-15(14)10-12/h3,6,8,12-13,16,18H,2,4-5,7,9-11H2,1H3/t12-,13+,16-/m1/s1. The van der Waals surface area contributed by atoms with Crippen LogP contribution in [0.5, 0.6) is 0 Å². The summed E-state index contributed by atoms with van der Waals surface area (Å²) in [7, 11) is 0. The predicted octanol–water partition coefficient (Wildman–Crippen LogP) is 3.48. The second kappa shape index (κ2) is 5.40. The number of pyridine rings is 1. The second-order valence-electron chi connectivity index (χ2n) is 6.18. The molecule has 1 saturated heterocycles. The molecule has 0 unspecified atom stereocenters. The molecule has 2 aliphatic rings. The Labute approximate surface area is 110 Å². The third kappa shape index (κ3) is 2.59. The number of nitrogens with one attached hydrogen (secondary N) is 1. The monoisotopic (exact) mass is 244 g/mol. The van der Waals surface area contributed by atoms with Crippen LogP contribution in [-0.4, -0.2) is 11.5 Å². The van der Waals surface area contributed by atoms with Crippen molar-refractivity contribution >= 4 is 0 Å². The van der Waals surface area contributed by atoms with Gasteiger partial charge in [-0.1, -0.05) is 32.3 Å². The van der Waals surface area contributed by atoms with Crippen LogP contribution in [0.4, 0.5) is 0 Å². The van der Waals surface area contributed by atoms with Crippen LogP contribution >= 0.6 is 0 Å². The Morgan fingerprint density at radius 3 is 3.17 bits per heavy atom. The fourth-order valence-electron chi connectivity index (χ4n) is 3.62. The minimum absolute atomic E-state index is 0.553. The first-order valence-electron chi connectivity index (χ1n) is 7.50. The van der Waals surface area contributed by atoms with E-state index in [0.717, 1.165) is 18.3 Å². The van der Waals surface area contributed by atoms with Crippen molar-refractivity contribution < 1.29 is 0 Å². The van der Waals surface area contributed by atoms with Crippen LogP contribution in [0.2, 0.25) is 0 Å². The van der Waals surface area contributed by atoms with Crippen LogP contribution in [0.1, 0.15) is 56.3 Å². The number of rotatable bonds is 0. The molecule has 1 aliphatic heterocycles. The molecule has 0 radical (unpaired) electrons. The van der Waals surface area contributed by atoms with Crippen molar-refractivity contribution in [2.75, 3.05) is 6.54 Å². The highest BCUT2D eigenvalue weighted by molar-refractivity contribution is 5.25. The highest BCUT2D eigenvalue weighted by Gasteiger charge is 2.26. The second-order valence-corrected chi connectivity index (χ2v) is 6.18. The van der Waals surface area contributed by atoms with Gasteiger partial charge < -0.3 is 5.32 Å². The summed E-state index contributed by atoms with van der Waals surface area (Å²) in [5.74, 6) is 1.70. The molecule has 0 spiro atoms. The van der Waals surface area contributed by atoms with Crippen molar-refractivity contribution in [2.24, 2.45) is 11.8 Å². The highest BCUT2D eigenvalue weighted by Crippen LogP contribution is 2.34. The minimum Gasteiger partial charge on any atom is -0.310 e. The van der Waals surface area contributed by atoms with Crippen molar-refractivity contribution in [3.05, 3.63) is 29.6 Å². The van der Waals surface area contributed by atoms with E-state index in [1.807, 2.05) is 6.20 Å². The molecular formula is C16H24N2. The van der Waals surface area contributed by atoms with E-state index in [0.29, 0.717) is 6.04 Å². The maximum absolute atomic E-state index is 4.65. The van der Waals surface area contributed by atoms with Crippen LogP contribution < -0.4 is 5.32 Å². The molecule has 0 saturated carbocycles. The zero-order chi connectivity index (χ0) is 12.4. The largest absolute Gasteiger partial charge is 0.310 e. The lowest BCUT2D eigenvalue weighted by molar-refractivity contribution is 0.273.